The van der Waals surface area contributed by atoms with Gasteiger partial charge in [0.15, 0.2) is 28.2 Å². The van der Waals surface area contributed by atoms with Gasteiger partial charge in [0, 0.05) is 29.2 Å². The van der Waals surface area contributed by atoms with Gasteiger partial charge in [0.1, 0.15) is 5.82 Å². The molecule has 184 valence electrons. The standard InChI is InChI=1S/C26H22FN3O5S/c1-32-21-9-3-16(11-23(21)33-2)20-13-30(19-7-4-17(27)5-8-19)26(29-20)36-14-25(31)28-18-6-10-22-24(12-18)35-15-34-22/h3-13H,14-15H2,1-2H3,(H,28,31). The average molecular weight is 508 g/mol. The zero-order valence-electron chi connectivity index (χ0n) is 19.5. The number of aromatic nitrogens is 2. The highest BCUT2D eigenvalue weighted by molar-refractivity contribution is 7.99. The van der Waals surface area contributed by atoms with Crippen LogP contribution in [-0.4, -0.2) is 42.2 Å². The number of carbonyl (C=O) groups excluding carboxylic acids is 1. The van der Waals surface area contributed by atoms with Crippen molar-refractivity contribution in [2.45, 2.75) is 5.16 Å². The van der Waals surface area contributed by atoms with E-state index in [-0.39, 0.29) is 24.3 Å². The van der Waals surface area contributed by atoms with Crippen LogP contribution >= 0.6 is 11.8 Å². The Labute approximate surface area is 211 Å². The minimum atomic E-state index is -0.337. The molecule has 0 atom stereocenters. The van der Waals surface area contributed by atoms with Gasteiger partial charge in [0.25, 0.3) is 0 Å². The number of hydrogen-bond donors (Lipinski definition) is 1. The van der Waals surface area contributed by atoms with Crippen molar-refractivity contribution in [1.82, 2.24) is 9.55 Å². The molecule has 0 spiro atoms. The summed E-state index contributed by atoms with van der Waals surface area (Å²) in [4.78, 5) is 17.4. The van der Waals surface area contributed by atoms with E-state index in [4.69, 9.17) is 23.9 Å². The number of benzene rings is 3. The summed E-state index contributed by atoms with van der Waals surface area (Å²) in [5.74, 6) is 1.98. The van der Waals surface area contributed by atoms with Crippen LogP contribution in [0.25, 0.3) is 16.9 Å². The summed E-state index contributed by atoms with van der Waals surface area (Å²) in [6.07, 6.45) is 1.84. The number of halogens is 1. The lowest BCUT2D eigenvalue weighted by Crippen LogP contribution is -2.14. The van der Waals surface area contributed by atoms with Crippen LogP contribution in [0, 0.1) is 5.82 Å². The number of amides is 1. The number of imidazole rings is 1. The Morgan fingerprint density at radius 3 is 2.58 bits per heavy atom. The van der Waals surface area contributed by atoms with Gasteiger partial charge < -0.3 is 24.3 Å². The molecule has 3 aromatic carbocycles. The van der Waals surface area contributed by atoms with Gasteiger partial charge in [0.05, 0.1) is 25.7 Å². The summed E-state index contributed by atoms with van der Waals surface area (Å²) in [6, 6.07) is 16.8. The maximum absolute atomic E-state index is 13.5. The summed E-state index contributed by atoms with van der Waals surface area (Å²) >= 11 is 1.27. The van der Waals surface area contributed by atoms with Crippen LogP contribution in [-0.2, 0) is 4.79 Å². The van der Waals surface area contributed by atoms with Gasteiger partial charge in [-0.05, 0) is 54.6 Å². The lowest BCUT2D eigenvalue weighted by atomic mass is 10.1. The maximum Gasteiger partial charge on any atom is 0.234 e. The molecule has 1 aliphatic rings. The minimum Gasteiger partial charge on any atom is -0.493 e. The fourth-order valence-corrected chi connectivity index (χ4v) is 4.48. The van der Waals surface area contributed by atoms with Crippen molar-refractivity contribution in [2.75, 3.05) is 32.1 Å². The van der Waals surface area contributed by atoms with Crippen LogP contribution in [0.15, 0.2) is 72.0 Å². The Morgan fingerprint density at radius 1 is 1.03 bits per heavy atom. The molecule has 36 heavy (non-hydrogen) atoms. The third-order valence-corrected chi connectivity index (χ3v) is 6.40. The monoisotopic (exact) mass is 507 g/mol. The van der Waals surface area contributed by atoms with Gasteiger partial charge in [-0.2, -0.15) is 0 Å². The summed E-state index contributed by atoms with van der Waals surface area (Å²) in [7, 11) is 3.14. The van der Waals surface area contributed by atoms with Crippen LogP contribution in [0.5, 0.6) is 23.0 Å². The van der Waals surface area contributed by atoms with Crippen molar-refractivity contribution < 1.29 is 28.1 Å². The van der Waals surface area contributed by atoms with Crippen molar-refractivity contribution in [2.24, 2.45) is 0 Å². The normalized spacial score (nSPS) is 11.9. The Bertz CT molecular complexity index is 1410. The van der Waals surface area contributed by atoms with Crippen molar-refractivity contribution in [3.05, 3.63) is 72.7 Å². The fraction of sp³-hybridized carbons (Fsp3) is 0.154. The predicted octanol–water partition coefficient (Wildman–Crippen LogP) is 5.16. The highest BCUT2D eigenvalue weighted by Gasteiger charge is 2.17. The quantitative estimate of drug-likeness (QED) is 0.330. The summed E-state index contributed by atoms with van der Waals surface area (Å²) in [5.41, 5.74) is 2.80. The Hall–Kier alpha value is -4.18. The summed E-state index contributed by atoms with van der Waals surface area (Å²) in [6.45, 7) is 0.164. The first-order valence-electron chi connectivity index (χ1n) is 10.9. The maximum atomic E-state index is 13.5. The number of fused-ring (bicyclic) bond motifs is 1. The van der Waals surface area contributed by atoms with Crippen molar-refractivity contribution in [3.8, 4) is 39.9 Å². The number of nitrogens with one attached hydrogen (secondary N) is 1. The molecule has 4 aromatic rings. The summed E-state index contributed by atoms with van der Waals surface area (Å²) < 4.78 is 36.8. The number of rotatable bonds is 8. The fourth-order valence-electron chi connectivity index (χ4n) is 3.69. The van der Waals surface area contributed by atoms with Gasteiger partial charge in [-0.1, -0.05) is 11.8 Å². The van der Waals surface area contributed by atoms with Gasteiger partial charge >= 0.3 is 0 Å². The van der Waals surface area contributed by atoms with E-state index in [1.807, 2.05) is 22.9 Å². The van der Waals surface area contributed by atoms with E-state index in [2.05, 4.69) is 5.32 Å². The van der Waals surface area contributed by atoms with E-state index in [0.29, 0.717) is 45.2 Å². The molecule has 1 N–H and O–H groups in total. The molecular formula is C26H22FN3O5S. The van der Waals surface area contributed by atoms with E-state index in [1.165, 1.54) is 23.9 Å². The Morgan fingerprint density at radius 2 is 1.81 bits per heavy atom. The van der Waals surface area contributed by atoms with E-state index in [1.54, 1.807) is 50.6 Å². The highest BCUT2D eigenvalue weighted by atomic mass is 32.2. The molecule has 0 radical (unpaired) electrons. The molecule has 2 heterocycles. The average Bonchev–Trinajstić information content (AvgIpc) is 3.54. The predicted molar refractivity (Wildman–Crippen MR) is 134 cm³/mol. The zero-order chi connectivity index (χ0) is 25.1. The van der Waals surface area contributed by atoms with Crippen LogP contribution in [0.3, 0.4) is 0 Å². The topological polar surface area (TPSA) is 83.8 Å². The van der Waals surface area contributed by atoms with Crippen molar-refractivity contribution in [1.29, 1.82) is 0 Å². The molecule has 1 amide bonds. The van der Waals surface area contributed by atoms with Gasteiger partial charge in [0.2, 0.25) is 12.7 Å². The van der Waals surface area contributed by atoms with Crippen LogP contribution in [0.1, 0.15) is 0 Å². The first-order valence-corrected chi connectivity index (χ1v) is 11.9. The molecule has 10 heteroatoms. The van der Waals surface area contributed by atoms with Gasteiger partial charge in [-0.3, -0.25) is 9.36 Å². The molecule has 0 fully saturated rings. The van der Waals surface area contributed by atoms with Crippen LogP contribution in [0.4, 0.5) is 10.1 Å². The number of ether oxygens (including phenoxy) is 4. The largest absolute Gasteiger partial charge is 0.493 e. The first-order chi connectivity index (χ1) is 17.5. The van der Waals surface area contributed by atoms with E-state index < -0.39 is 0 Å². The Balaban J connectivity index is 1.39. The number of thioether (sulfide) groups is 1. The third-order valence-electron chi connectivity index (χ3n) is 5.45. The summed E-state index contributed by atoms with van der Waals surface area (Å²) in [5, 5.41) is 3.44. The number of anilines is 1. The molecule has 0 bridgehead atoms. The zero-order valence-corrected chi connectivity index (χ0v) is 20.3. The molecule has 0 saturated heterocycles. The lowest BCUT2D eigenvalue weighted by Gasteiger charge is -2.08. The molecule has 5 rings (SSSR count). The minimum absolute atomic E-state index is 0.109. The molecule has 0 aliphatic carbocycles. The first kappa shape index (κ1) is 23.6. The molecule has 8 nitrogen and oxygen atoms in total. The molecular weight excluding hydrogens is 485 g/mol. The Kier molecular flexibility index (Phi) is 6.68. The lowest BCUT2D eigenvalue weighted by molar-refractivity contribution is -0.113. The molecule has 1 aromatic heterocycles. The second kappa shape index (κ2) is 10.2. The van der Waals surface area contributed by atoms with Crippen molar-refractivity contribution >= 4 is 23.4 Å². The van der Waals surface area contributed by atoms with E-state index in [0.717, 1.165) is 5.56 Å². The SMILES string of the molecule is COc1ccc(-c2cn(-c3ccc(F)cc3)c(SCC(=O)Nc3ccc4c(c3)OCO4)n2)cc1OC. The smallest absolute Gasteiger partial charge is 0.234 e. The van der Waals surface area contributed by atoms with E-state index in [9.17, 15) is 9.18 Å². The molecule has 1 aliphatic heterocycles. The third kappa shape index (κ3) is 4.94. The number of methoxy groups -OCH3 is 2. The van der Waals surface area contributed by atoms with Crippen LogP contribution in [0.2, 0.25) is 0 Å². The second-order valence-electron chi connectivity index (χ2n) is 7.73. The second-order valence-corrected chi connectivity index (χ2v) is 8.67. The van der Waals surface area contributed by atoms with Gasteiger partial charge in [-0.15, -0.1) is 0 Å². The number of carbonyl (C=O) groups is 1. The molecule has 0 unspecified atom stereocenters. The number of hydrogen-bond acceptors (Lipinski definition) is 7. The van der Waals surface area contributed by atoms with E-state index >= 15 is 0 Å². The highest BCUT2D eigenvalue weighted by Crippen LogP contribution is 2.35. The van der Waals surface area contributed by atoms with Crippen LogP contribution < -0.4 is 24.3 Å². The molecule has 0 saturated carbocycles. The van der Waals surface area contributed by atoms with Crippen molar-refractivity contribution in [3.63, 3.8) is 0 Å². The van der Waals surface area contributed by atoms with Gasteiger partial charge in [-0.25, -0.2) is 9.37 Å². The number of nitrogens with zero attached hydrogens (tertiary/aromatic N) is 2.